The number of aromatic nitrogens is 3. The summed E-state index contributed by atoms with van der Waals surface area (Å²) in [5.41, 5.74) is 1.56. The highest BCUT2D eigenvalue weighted by Gasteiger charge is 2.30. The summed E-state index contributed by atoms with van der Waals surface area (Å²) >= 11 is 6.01. The van der Waals surface area contributed by atoms with Crippen molar-refractivity contribution in [3.63, 3.8) is 0 Å². The van der Waals surface area contributed by atoms with Gasteiger partial charge >= 0.3 is 0 Å². The van der Waals surface area contributed by atoms with Gasteiger partial charge in [-0.05, 0) is 48.9 Å². The van der Waals surface area contributed by atoms with Gasteiger partial charge in [-0.25, -0.2) is 8.42 Å². The summed E-state index contributed by atoms with van der Waals surface area (Å²) < 4.78 is 27.6. The molecule has 3 heterocycles. The predicted octanol–water partition coefficient (Wildman–Crippen LogP) is 3.09. The van der Waals surface area contributed by atoms with E-state index >= 15 is 0 Å². The van der Waals surface area contributed by atoms with Gasteiger partial charge in [-0.1, -0.05) is 17.7 Å². The zero-order valence-electron chi connectivity index (χ0n) is 16.4. The molecule has 1 aliphatic rings. The number of benzene rings is 1. The zero-order chi connectivity index (χ0) is 21.1. The van der Waals surface area contributed by atoms with E-state index in [-0.39, 0.29) is 4.90 Å². The number of sulfonamides is 1. The van der Waals surface area contributed by atoms with E-state index in [0.29, 0.717) is 48.4 Å². The molecule has 0 unspecified atom stereocenters. The Morgan fingerprint density at radius 2 is 1.70 bits per heavy atom. The lowest BCUT2D eigenvalue weighted by Gasteiger charge is -2.34. The molecule has 0 aliphatic carbocycles. The molecule has 10 heteroatoms. The molecule has 0 spiro atoms. The summed E-state index contributed by atoms with van der Waals surface area (Å²) in [5.74, 6) is 1.34. The second-order valence-corrected chi connectivity index (χ2v) is 9.28. The molecule has 0 bridgehead atoms. The molecule has 1 N–H and O–H groups in total. The summed E-state index contributed by atoms with van der Waals surface area (Å²) in [6.07, 6.45) is 3.39. The van der Waals surface area contributed by atoms with Crippen molar-refractivity contribution in [2.75, 3.05) is 36.4 Å². The van der Waals surface area contributed by atoms with Gasteiger partial charge in [0, 0.05) is 49.3 Å². The lowest BCUT2D eigenvalue weighted by atomic mass is 10.2. The van der Waals surface area contributed by atoms with Crippen molar-refractivity contribution in [1.29, 1.82) is 0 Å². The molecule has 156 valence electrons. The number of halogens is 1. The van der Waals surface area contributed by atoms with E-state index in [1.54, 1.807) is 31.5 Å². The maximum Gasteiger partial charge on any atom is 0.243 e. The largest absolute Gasteiger partial charge is 0.352 e. The van der Waals surface area contributed by atoms with Crippen molar-refractivity contribution < 1.29 is 8.42 Å². The fourth-order valence-corrected chi connectivity index (χ4v) is 5.20. The highest BCUT2D eigenvalue weighted by molar-refractivity contribution is 7.89. The fraction of sp³-hybridized carbons (Fsp3) is 0.250. The Morgan fingerprint density at radius 1 is 0.967 bits per heavy atom. The van der Waals surface area contributed by atoms with Crippen molar-refractivity contribution in [1.82, 2.24) is 19.5 Å². The van der Waals surface area contributed by atoms with Crippen LogP contribution in [0.2, 0.25) is 5.02 Å². The van der Waals surface area contributed by atoms with Crippen LogP contribution in [0.1, 0.15) is 5.56 Å². The lowest BCUT2D eigenvalue weighted by molar-refractivity contribution is 0.383. The van der Waals surface area contributed by atoms with E-state index in [2.05, 4.69) is 20.5 Å². The fourth-order valence-electron chi connectivity index (χ4n) is 3.29. The Hall–Kier alpha value is -2.75. The van der Waals surface area contributed by atoms with Crippen LogP contribution in [0.5, 0.6) is 0 Å². The molecule has 2 aromatic heterocycles. The van der Waals surface area contributed by atoms with Crippen LogP contribution in [0.15, 0.2) is 59.8 Å². The normalized spacial score (nSPS) is 15.2. The number of piperazine rings is 1. The first kappa shape index (κ1) is 20.5. The second-order valence-electron chi connectivity index (χ2n) is 6.94. The first-order valence-electron chi connectivity index (χ1n) is 9.45. The van der Waals surface area contributed by atoms with Gasteiger partial charge in [0.15, 0.2) is 11.6 Å². The summed E-state index contributed by atoms with van der Waals surface area (Å²) in [6, 6.07) is 12.3. The van der Waals surface area contributed by atoms with Crippen molar-refractivity contribution in [2.45, 2.75) is 11.8 Å². The molecule has 3 aromatic rings. The van der Waals surface area contributed by atoms with Crippen LogP contribution in [-0.4, -0.2) is 54.1 Å². The van der Waals surface area contributed by atoms with Crippen LogP contribution >= 0.6 is 11.6 Å². The average molecular weight is 445 g/mol. The maximum atomic E-state index is 13.0. The van der Waals surface area contributed by atoms with Gasteiger partial charge in [0.2, 0.25) is 10.0 Å². The van der Waals surface area contributed by atoms with E-state index in [1.165, 1.54) is 10.4 Å². The summed E-state index contributed by atoms with van der Waals surface area (Å²) in [5, 5.41) is 12.1. The Bertz CT molecular complexity index is 1120. The van der Waals surface area contributed by atoms with Gasteiger partial charge in [0.05, 0.1) is 4.90 Å². The number of pyridine rings is 1. The zero-order valence-corrected chi connectivity index (χ0v) is 17.9. The number of nitrogens with one attached hydrogen (secondary N) is 1. The molecule has 0 saturated carbocycles. The number of hydrogen-bond acceptors (Lipinski definition) is 7. The van der Waals surface area contributed by atoms with Gasteiger partial charge in [0.25, 0.3) is 0 Å². The lowest BCUT2D eigenvalue weighted by Crippen LogP contribution is -2.49. The predicted molar refractivity (Wildman–Crippen MR) is 117 cm³/mol. The van der Waals surface area contributed by atoms with Crippen LogP contribution in [0.25, 0.3) is 0 Å². The molecular formula is C20H21ClN6O2S. The first-order chi connectivity index (χ1) is 14.4. The Labute approximate surface area is 180 Å². The van der Waals surface area contributed by atoms with Crippen LogP contribution in [0, 0.1) is 6.92 Å². The van der Waals surface area contributed by atoms with Crippen LogP contribution in [0.3, 0.4) is 0 Å². The smallest absolute Gasteiger partial charge is 0.243 e. The first-order valence-corrected chi connectivity index (χ1v) is 11.3. The van der Waals surface area contributed by atoms with Crippen molar-refractivity contribution in [3.05, 3.63) is 65.4 Å². The Balaban J connectivity index is 1.41. The third kappa shape index (κ3) is 4.38. The van der Waals surface area contributed by atoms with Gasteiger partial charge < -0.3 is 10.2 Å². The van der Waals surface area contributed by atoms with Crippen LogP contribution in [-0.2, 0) is 10.0 Å². The van der Waals surface area contributed by atoms with Crippen LogP contribution in [0.4, 0.5) is 17.3 Å². The molecule has 4 rings (SSSR count). The molecular weight excluding hydrogens is 424 g/mol. The van der Waals surface area contributed by atoms with E-state index in [0.717, 1.165) is 5.69 Å². The topological polar surface area (TPSA) is 91.3 Å². The highest BCUT2D eigenvalue weighted by atomic mass is 35.5. The molecule has 30 heavy (non-hydrogen) atoms. The number of anilines is 3. The highest BCUT2D eigenvalue weighted by Crippen LogP contribution is 2.25. The van der Waals surface area contributed by atoms with Crippen molar-refractivity contribution >= 4 is 38.9 Å². The maximum absolute atomic E-state index is 13.0. The van der Waals surface area contributed by atoms with E-state index in [9.17, 15) is 8.42 Å². The van der Waals surface area contributed by atoms with Gasteiger partial charge in [0.1, 0.15) is 0 Å². The quantitative estimate of drug-likeness (QED) is 0.646. The molecule has 0 radical (unpaired) electrons. The third-order valence-electron chi connectivity index (χ3n) is 4.93. The molecule has 0 atom stereocenters. The Kier molecular flexibility index (Phi) is 5.85. The number of rotatable bonds is 5. The SMILES string of the molecule is Cc1ccc(Cl)cc1S(=O)(=O)N1CCN(c2ccc(Nc3ccncc3)nn2)CC1. The summed E-state index contributed by atoms with van der Waals surface area (Å²) in [6.45, 7) is 3.58. The minimum absolute atomic E-state index is 0.259. The molecule has 1 fully saturated rings. The molecule has 1 aromatic carbocycles. The van der Waals surface area contributed by atoms with Crippen molar-refractivity contribution in [3.8, 4) is 0 Å². The van der Waals surface area contributed by atoms with Crippen LogP contribution < -0.4 is 10.2 Å². The molecule has 1 aliphatic heterocycles. The number of nitrogens with zero attached hydrogens (tertiary/aromatic N) is 5. The van der Waals surface area contributed by atoms with E-state index in [1.807, 2.05) is 29.2 Å². The van der Waals surface area contributed by atoms with Gasteiger partial charge in [-0.3, -0.25) is 4.98 Å². The Morgan fingerprint density at radius 3 is 2.37 bits per heavy atom. The number of hydrogen-bond donors (Lipinski definition) is 1. The average Bonchev–Trinajstić information content (AvgIpc) is 2.77. The minimum Gasteiger partial charge on any atom is -0.352 e. The van der Waals surface area contributed by atoms with Crippen molar-refractivity contribution in [2.24, 2.45) is 0 Å². The molecule has 1 saturated heterocycles. The summed E-state index contributed by atoms with van der Waals surface area (Å²) in [4.78, 5) is 6.26. The molecule has 0 amide bonds. The van der Waals surface area contributed by atoms with E-state index < -0.39 is 10.0 Å². The monoisotopic (exact) mass is 444 g/mol. The van der Waals surface area contributed by atoms with E-state index in [4.69, 9.17) is 11.6 Å². The summed E-state index contributed by atoms with van der Waals surface area (Å²) in [7, 11) is -3.59. The second kappa shape index (κ2) is 8.55. The third-order valence-corrected chi connectivity index (χ3v) is 7.21. The molecule has 8 nitrogen and oxygen atoms in total. The number of aryl methyl sites for hydroxylation is 1. The van der Waals surface area contributed by atoms with Gasteiger partial charge in [-0.15, -0.1) is 10.2 Å². The van der Waals surface area contributed by atoms with Gasteiger partial charge in [-0.2, -0.15) is 4.31 Å². The standard InChI is InChI=1S/C20H21ClN6O2S/c1-15-2-3-16(21)14-18(15)30(28,29)27-12-10-26(11-13-27)20-5-4-19(24-25-20)23-17-6-8-22-9-7-17/h2-9,14H,10-13H2,1H3,(H,22,23,24). The minimum atomic E-state index is -3.59.